The Morgan fingerprint density at radius 3 is 2.17 bits per heavy atom. The van der Waals surface area contributed by atoms with Crippen molar-refractivity contribution >= 4 is 29.2 Å². The maximum absolute atomic E-state index is 11.7. The number of benzene rings is 2. The summed E-state index contributed by atoms with van der Waals surface area (Å²) in [6.07, 6.45) is 0. The van der Waals surface area contributed by atoms with Gasteiger partial charge in [0.15, 0.2) is 0 Å². The highest BCUT2D eigenvalue weighted by atomic mass is 35.5. The second kappa shape index (κ2) is 6.49. The van der Waals surface area contributed by atoms with E-state index in [1.54, 1.807) is 30.3 Å². The van der Waals surface area contributed by atoms with E-state index >= 15 is 0 Å². The van der Waals surface area contributed by atoms with Crippen molar-refractivity contribution in [3.8, 4) is 0 Å². The van der Waals surface area contributed by atoms with Crippen molar-refractivity contribution in [1.82, 2.24) is 5.32 Å². The van der Waals surface area contributed by atoms with Gasteiger partial charge in [-0.15, -0.1) is 0 Å². The maximum atomic E-state index is 11.7. The summed E-state index contributed by atoms with van der Waals surface area (Å²) in [4.78, 5) is 11.7. The Kier molecular flexibility index (Phi) is 4.60. The number of aliphatic carboxylic acids is 1. The van der Waals surface area contributed by atoms with Gasteiger partial charge in [0, 0.05) is 28.0 Å². The van der Waals surface area contributed by atoms with E-state index in [9.17, 15) is 9.90 Å². The molecule has 6 heteroatoms. The molecule has 0 aromatic heterocycles. The number of carboxylic acid groups (broad SMARTS) is 1. The van der Waals surface area contributed by atoms with Crippen molar-refractivity contribution in [2.75, 3.05) is 0 Å². The summed E-state index contributed by atoms with van der Waals surface area (Å²) in [5, 5.41) is 13.9. The lowest BCUT2D eigenvalue weighted by atomic mass is 9.86. The minimum absolute atomic E-state index is 0.293. The lowest BCUT2D eigenvalue weighted by molar-refractivity contribution is -0.139. The zero-order valence-electron chi connectivity index (χ0n) is 12.1. The fourth-order valence-electron chi connectivity index (χ4n) is 3.21. The SMILES string of the molecule is NC1[C@@H](c2cccc(Cl)c2)[C@H](C(=O)O)N[C@H]1c1cccc(Cl)c1. The minimum atomic E-state index is -0.935. The molecule has 0 radical (unpaired) electrons. The molecule has 1 saturated heterocycles. The predicted octanol–water partition coefficient (Wildman–Crippen LogP) is 3.20. The van der Waals surface area contributed by atoms with E-state index < -0.39 is 18.1 Å². The average molecular weight is 351 g/mol. The topological polar surface area (TPSA) is 75.4 Å². The van der Waals surface area contributed by atoms with Crippen molar-refractivity contribution in [3.63, 3.8) is 0 Å². The molecule has 120 valence electrons. The molecule has 4 atom stereocenters. The Labute approximate surface area is 144 Å². The van der Waals surface area contributed by atoms with Crippen LogP contribution in [0.4, 0.5) is 0 Å². The lowest BCUT2D eigenvalue weighted by Crippen LogP contribution is -2.36. The molecular formula is C17H16Cl2N2O2. The van der Waals surface area contributed by atoms with E-state index in [0.717, 1.165) is 11.1 Å². The van der Waals surface area contributed by atoms with Crippen LogP contribution in [-0.2, 0) is 4.79 Å². The van der Waals surface area contributed by atoms with Gasteiger partial charge in [-0.1, -0.05) is 47.5 Å². The number of halogens is 2. The summed E-state index contributed by atoms with van der Waals surface area (Å²) in [5.74, 6) is -1.31. The molecular weight excluding hydrogens is 335 g/mol. The molecule has 3 rings (SSSR count). The maximum Gasteiger partial charge on any atom is 0.321 e. The van der Waals surface area contributed by atoms with Gasteiger partial charge in [0.2, 0.25) is 0 Å². The molecule has 1 aliphatic rings. The van der Waals surface area contributed by atoms with E-state index in [0.29, 0.717) is 10.0 Å². The first-order valence-corrected chi connectivity index (χ1v) is 7.98. The highest BCUT2D eigenvalue weighted by Crippen LogP contribution is 2.38. The standard InChI is InChI=1S/C17H16Cl2N2O2/c18-11-5-1-3-9(7-11)13-14(20)15(21-16(13)17(22)23)10-4-2-6-12(19)8-10/h1-8,13-16,21H,20H2,(H,22,23)/t13-,14?,15+,16-/m1/s1. The summed E-state index contributed by atoms with van der Waals surface area (Å²) in [7, 11) is 0. The third kappa shape index (κ3) is 3.21. The van der Waals surface area contributed by atoms with Crippen LogP contribution in [-0.4, -0.2) is 23.2 Å². The van der Waals surface area contributed by atoms with E-state index in [1.165, 1.54) is 0 Å². The molecule has 2 aromatic carbocycles. The van der Waals surface area contributed by atoms with E-state index in [-0.39, 0.29) is 12.0 Å². The van der Waals surface area contributed by atoms with Gasteiger partial charge in [-0.2, -0.15) is 0 Å². The number of nitrogens with one attached hydrogen (secondary N) is 1. The van der Waals surface area contributed by atoms with Gasteiger partial charge in [-0.05, 0) is 35.4 Å². The quantitative estimate of drug-likeness (QED) is 0.794. The lowest BCUT2D eigenvalue weighted by Gasteiger charge is -2.21. The second-order valence-corrected chi connectivity index (χ2v) is 6.55. The fourth-order valence-corrected chi connectivity index (χ4v) is 3.61. The van der Waals surface area contributed by atoms with Crippen molar-refractivity contribution in [2.24, 2.45) is 5.73 Å². The van der Waals surface area contributed by atoms with E-state index in [4.69, 9.17) is 28.9 Å². The molecule has 0 aliphatic carbocycles. The van der Waals surface area contributed by atoms with Crippen LogP contribution >= 0.6 is 23.2 Å². The molecule has 4 nitrogen and oxygen atoms in total. The number of carboxylic acids is 1. The molecule has 23 heavy (non-hydrogen) atoms. The van der Waals surface area contributed by atoms with Gasteiger partial charge < -0.3 is 10.8 Å². The Balaban J connectivity index is 2.00. The Morgan fingerprint density at radius 1 is 1.04 bits per heavy atom. The zero-order chi connectivity index (χ0) is 16.6. The number of rotatable bonds is 3. The molecule has 1 fully saturated rings. The fraction of sp³-hybridized carbons (Fsp3) is 0.235. The molecule has 1 heterocycles. The van der Waals surface area contributed by atoms with E-state index in [1.807, 2.05) is 18.2 Å². The van der Waals surface area contributed by atoms with Crippen LogP contribution in [0.3, 0.4) is 0 Å². The summed E-state index contributed by atoms with van der Waals surface area (Å²) >= 11 is 12.1. The number of hydrogen-bond acceptors (Lipinski definition) is 3. The van der Waals surface area contributed by atoms with Gasteiger partial charge in [0.05, 0.1) is 0 Å². The van der Waals surface area contributed by atoms with Crippen molar-refractivity contribution < 1.29 is 9.90 Å². The smallest absolute Gasteiger partial charge is 0.321 e. The van der Waals surface area contributed by atoms with Crippen LogP contribution in [0.25, 0.3) is 0 Å². The number of nitrogens with two attached hydrogens (primary N) is 1. The van der Waals surface area contributed by atoms with Gasteiger partial charge in [-0.25, -0.2) is 0 Å². The van der Waals surface area contributed by atoms with Crippen LogP contribution in [0, 0.1) is 0 Å². The van der Waals surface area contributed by atoms with Crippen LogP contribution in [0.2, 0.25) is 10.0 Å². The van der Waals surface area contributed by atoms with E-state index in [2.05, 4.69) is 5.32 Å². The molecule has 4 N–H and O–H groups in total. The van der Waals surface area contributed by atoms with Crippen molar-refractivity contribution in [1.29, 1.82) is 0 Å². The summed E-state index contributed by atoms with van der Waals surface area (Å²) in [6, 6.07) is 13.0. The van der Waals surface area contributed by atoms with Crippen molar-refractivity contribution in [2.45, 2.75) is 24.0 Å². The first-order valence-electron chi connectivity index (χ1n) is 7.23. The molecule has 0 spiro atoms. The Bertz CT molecular complexity index is 738. The first kappa shape index (κ1) is 16.3. The molecule has 0 amide bonds. The highest BCUT2D eigenvalue weighted by molar-refractivity contribution is 6.30. The van der Waals surface area contributed by atoms with Gasteiger partial charge >= 0.3 is 5.97 Å². The van der Waals surface area contributed by atoms with Gasteiger partial charge in [-0.3, -0.25) is 10.1 Å². The number of carbonyl (C=O) groups is 1. The second-order valence-electron chi connectivity index (χ2n) is 5.67. The Hall–Kier alpha value is -1.59. The Morgan fingerprint density at radius 2 is 1.61 bits per heavy atom. The monoisotopic (exact) mass is 350 g/mol. The highest BCUT2D eigenvalue weighted by Gasteiger charge is 2.45. The van der Waals surface area contributed by atoms with Crippen LogP contribution in [0.5, 0.6) is 0 Å². The molecule has 1 unspecified atom stereocenters. The predicted molar refractivity (Wildman–Crippen MR) is 90.9 cm³/mol. The van der Waals surface area contributed by atoms with Crippen molar-refractivity contribution in [3.05, 3.63) is 69.7 Å². The molecule has 0 saturated carbocycles. The average Bonchev–Trinajstić information content (AvgIpc) is 2.85. The molecule has 1 aliphatic heterocycles. The minimum Gasteiger partial charge on any atom is -0.480 e. The third-order valence-corrected chi connectivity index (χ3v) is 4.70. The van der Waals surface area contributed by atoms with Gasteiger partial charge in [0.25, 0.3) is 0 Å². The largest absolute Gasteiger partial charge is 0.480 e. The van der Waals surface area contributed by atoms with Crippen LogP contribution in [0.15, 0.2) is 48.5 Å². The normalized spacial score (nSPS) is 27.1. The van der Waals surface area contributed by atoms with Gasteiger partial charge in [0.1, 0.15) is 6.04 Å². The van der Waals surface area contributed by atoms with Crippen LogP contribution in [0.1, 0.15) is 23.1 Å². The number of hydrogen-bond donors (Lipinski definition) is 3. The zero-order valence-corrected chi connectivity index (χ0v) is 13.6. The summed E-state index contributed by atoms with van der Waals surface area (Å²) < 4.78 is 0. The first-order chi connectivity index (χ1) is 11.0. The summed E-state index contributed by atoms with van der Waals surface area (Å²) in [5.41, 5.74) is 8.09. The molecule has 0 bridgehead atoms. The third-order valence-electron chi connectivity index (χ3n) is 4.23. The molecule has 2 aromatic rings. The summed E-state index contributed by atoms with van der Waals surface area (Å²) in [6.45, 7) is 0. The van der Waals surface area contributed by atoms with Crippen LogP contribution < -0.4 is 11.1 Å².